The molecule has 25 heavy (non-hydrogen) atoms. The van der Waals surface area contributed by atoms with Gasteiger partial charge in [0.25, 0.3) is 5.91 Å². The fourth-order valence-electron chi connectivity index (χ4n) is 3.85. The second kappa shape index (κ2) is 7.14. The molecular formula is C19H27N3O3. The van der Waals surface area contributed by atoms with Crippen LogP contribution in [0.1, 0.15) is 37.8 Å². The molecule has 0 spiro atoms. The highest BCUT2D eigenvalue weighted by Gasteiger charge is 2.49. The predicted octanol–water partition coefficient (Wildman–Crippen LogP) is 1.52. The van der Waals surface area contributed by atoms with Gasteiger partial charge in [0.15, 0.2) is 0 Å². The van der Waals surface area contributed by atoms with Gasteiger partial charge in [0.2, 0.25) is 0 Å². The second-order valence-corrected chi connectivity index (χ2v) is 7.04. The van der Waals surface area contributed by atoms with Crippen LogP contribution in [0, 0.1) is 0 Å². The van der Waals surface area contributed by atoms with Gasteiger partial charge in [0, 0.05) is 19.6 Å². The van der Waals surface area contributed by atoms with Crippen molar-refractivity contribution in [3.63, 3.8) is 0 Å². The first kappa shape index (κ1) is 17.9. The molecule has 0 saturated carbocycles. The Kier molecular flexibility index (Phi) is 5.11. The average Bonchev–Trinajstić information content (AvgIpc) is 2.86. The number of benzene rings is 1. The molecule has 1 fully saturated rings. The predicted molar refractivity (Wildman–Crippen MR) is 95.0 cm³/mol. The van der Waals surface area contributed by atoms with Gasteiger partial charge in [-0.1, -0.05) is 38.1 Å². The van der Waals surface area contributed by atoms with Gasteiger partial charge in [-0.15, -0.1) is 0 Å². The number of carbonyl (C=O) groups excluding carboxylic acids is 2. The molecule has 0 unspecified atom stereocenters. The number of imide groups is 1. The molecule has 1 atom stereocenters. The quantitative estimate of drug-likeness (QED) is 0.767. The van der Waals surface area contributed by atoms with Crippen molar-refractivity contribution in [3.05, 3.63) is 35.4 Å². The Bertz CT molecular complexity index is 657. The first-order valence-corrected chi connectivity index (χ1v) is 9.10. The molecule has 2 N–H and O–H groups in total. The molecule has 0 radical (unpaired) electrons. The van der Waals surface area contributed by atoms with Gasteiger partial charge in [-0.2, -0.15) is 0 Å². The van der Waals surface area contributed by atoms with Crippen LogP contribution in [0.15, 0.2) is 24.3 Å². The number of nitrogens with zero attached hydrogens (tertiary/aromatic N) is 2. The van der Waals surface area contributed by atoms with Crippen molar-refractivity contribution in [2.24, 2.45) is 0 Å². The maximum Gasteiger partial charge on any atom is 0.325 e. The molecule has 3 rings (SSSR count). The number of rotatable bonds is 6. The number of fused-ring (bicyclic) bond motifs is 1. The monoisotopic (exact) mass is 345 g/mol. The second-order valence-electron chi connectivity index (χ2n) is 7.04. The van der Waals surface area contributed by atoms with Crippen LogP contribution in [0.3, 0.4) is 0 Å². The summed E-state index contributed by atoms with van der Waals surface area (Å²) in [6.07, 6.45) is 1.33. The molecule has 1 aromatic carbocycles. The number of amides is 3. The minimum atomic E-state index is -0.805. The molecule has 6 nitrogen and oxygen atoms in total. The maximum absolute atomic E-state index is 12.6. The zero-order valence-electron chi connectivity index (χ0n) is 15.0. The third-order valence-corrected chi connectivity index (χ3v) is 5.52. The molecule has 3 amide bonds. The lowest BCUT2D eigenvalue weighted by Gasteiger charge is -2.31. The van der Waals surface area contributed by atoms with Crippen LogP contribution in [0.25, 0.3) is 0 Å². The van der Waals surface area contributed by atoms with Gasteiger partial charge in [-0.3, -0.25) is 14.6 Å². The number of hydrogen-bond donors (Lipinski definition) is 2. The van der Waals surface area contributed by atoms with Crippen LogP contribution in [0.5, 0.6) is 0 Å². The Morgan fingerprint density at radius 1 is 1.16 bits per heavy atom. The molecule has 0 bridgehead atoms. The van der Waals surface area contributed by atoms with E-state index >= 15 is 0 Å². The van der Waals surface area contributed by atoms with Crippen molar-refractivity contribution in [1.82, 2.24) is 15.1 Å². The van der Waals surface area contributed by atoms with Crippen LogP contribution in [0.4, 0.5) is 4.79 Å². The molecule has 6 heteroatoms. The molecule has 136 valence electrons. The van der Waals surface area contributed by atoms with Crippen LogP contribution in [-0.4, -0.2) is 58.1 Å². The molecule has 2 heterocycles. The summed E-state index contributed by atoms with van der Waals surface area (Å²) >= 11 is 0. The van der Waals surface area contributed by atoms with E-state index in [1.54, 1.807) is 0 Å². The fraction of sp³-hybridized carbons (Fsp3) is 0.579. The van der Waals surface area contributed by atoms with Gasteiger partial charge >= 0.3 is 6.03 Å². The van der Waals surface area contributed by atoms with Gasteiger partial charge in [0.1, 0.15) is 5.54 Å². The Morgan fingerprint density at radius 2 is 1.84 bits per heavy atom. The van der Waals surface area contributed by atoms with E-state index < -0.39 is 17.7 Å². The first-order valence-electron chi connectivity index (χ1n) is 9.10. The molecule has 1 saturated heterocycles. The zero-order valence-corrected chi connectivity index (χ0v) is 15.0. The fourth-order valence-corrected chi connectivity index (χ4v) is 3.85. The summed E-state index contributed by atoms with van der Waals surface area (Å²) in [4.78, 5) is 28.1. The number of carbonyl (C=O) groups is 2. The third-order valence-electron chi connectivity index (χ3n) is 5.52. The molecular weight excluding hydrogens is 318 g/mol. The maximum atomic E-state index is 12.6. The summed E-state index contributed by atoms with van der Waals surface area (Å²) in [6, 6.07) is 7.94. The number of aliphatic hydroxyl groups is 1. The van der Waals surface area contributed by atoms with E-state index in [-0.39, 0.29) is 12.5 Å². The standard InChI is InChI=1S/C19H27N3O3/c1-3-19(4-2)17(24)22(18(25)20-19)13-16(23)12-21-10-9-14-7-5-6-8-15(14)11-21/h5-8,16,23H,3-4,9-13H2,1-2H3,(H,20,25)/t16-/m1/s1. The Labute approximate surface area is 148 Å². The summed E-state index contributed by atoms with van der Waals surface area (Å²) in [5, 5.41) is 13.2. The minimum absolute atomic E-state index is 0.0462. The molecule has 1 aromatic rings. The molecule has 2 aliphatic heterocycles. The zero-order chi connectivity index (χ0) is 18.0. The van der Waals surface area contributed by atoms with Crippen LogP contribution < -0.4 is 5.32 Å². The van der Waals surface area contributed by atoms with Gasteiger partial charge in [-0.25, -0.2) is 4.79 Å². The summed E-state index contributed by atoms with van der Waals surface area (Å²) in [5.74, 6) is -0.217. The molecule has 2 aliphatic rings. The lowest BCUT2D eigenvalue weighted by molar-refractivity contribution is -0.132. The van der Waals surface area contributed by atoms with Crippen molar-refractivity contribution in [3.8, 4) is 0 Å². The normalized spacial score (nSPS) is 21.2. The van der Waals surface area contributed by atoms with Crippen LogP contribution in [-0.2, 0) is 17.8 Å². The lowest BCUT2D eigenvalue weighted by atomic mass is 9.93. The summed E-state index contributed by atoms with van der Waals surface area (Å²) in [6.45, 7) is 5.96. The van der Waals surface area contributed by atoms with E-state index in [0.717, 1.165) is 19.5 Å². The van der Waals surface area contributed by atoms with E-state index in [2.05, 4.69) is 28.4 Å². The van der Waals surface area contributed by atoms with Crippen molar-refractivity contribution in [2.75, 3.05) is 19.6 Å². The van der Waals surface area contributed by atoms with E-state index in [0.29, 0.717) is 19.4 Å². The Balaban J connectivity index is 1.59. The minimum Gasteiger partial charge on any atom is -0.390 e. The number of nitrogens with one attached hydrogen (secondary N) is 1. The summed E-state index contributed by atoms with van der Waals surface area (Å²) in [7, 11) is 0. The Morgan fingerprint density at radius 3 is 2.48 bits per heavy atom. The number of urea groups is 1. The van der Waals surface area contributed by atoms with Crippen LogP contribution >= 0.6 is 0 Å². The smallest absolute Gasteiger partial charge is 0.325 e. The van der Waals surface area contributed by atoms with Crippen LogP contribution in [0.2, 0.25) is 0 Å². The molecule has 0 aromatic heterocycles. The number of hydrogen-bond acceptors (Lipinski definition) is 4. The van der Waals surface area contributed by atoms with E-state index in [4.69, 9.17) is 0 Å². The van der Waals surface area contributed by atoms with Crippen molar-refractivity contribution >= 4 is 11.9 Å². The number of aliphatic hydroxyl groups excluding tert-OH is 1. The number of β-amino-alcohol motifs (C(OH)–C–C–N with tert-alkyl or cyclic N) is 1. The topological polar surface area (TPSA) is 72.9 Å². The van der Waals surface area contributed by atoms with E-state index in [9.17, 15) is 14.7 Å². The van der Waals surface area contributed by atoms with Gasteiger partial charge < -0.3 is 10.4 Å². The van der Waals surface area contributed by atoms with Gasteiger partial charge in [-0.05, 0) is 30.4 Å². The highest BCUT2D eigenvalue weighted by molar-refractivity contribution is 6.07. The highest BCUT2D eigenvalue weighted by atomic mass is 16.3. The SMILES string of the molecule is CCC1(CC)NC(=O)N(C[C@H](O)CN2CCc3ccccc3C2)C1=O. The third kappa shape index (κ3) is 3.41. The summed E-state index contributed by atoms with van der Waals surface area (Å²) in [5.41, 5.74) is 1.84. The lowest BCUT2D eigenvalue weighted by Crippen LogP contribution is -2.47. The highest BCUT2D eigenvalue weighted by Crippen LogP contribution is 2.25. The largest absolute Gasteiger partial charge is 0.390 e. The van der Waals surface area contributed by atoms with Gasteiger partial charge in [0.05, 0.1) is 12.6 Å². The summed E-state index contributed by atoms with van der Waals surface area (Å²) < 4.78 is 0. The average molecular weight is 345 g/mol. The van der Waals surface area contributed by atoms with E-state index in [1.165, 1.54) is 16.0 Å². The van der Waals surface area contributed by atoms with Crippen molar-refractivity contribution in [1.29, 1.82) is 0 Å². The van der Waals surface area contributed by atoms with E-state index in [1.807, 2.05) is 19.9 Å². The Hall–Kier alpha value is -1.92. The van der Waals surface area contributed by atoms with Crippen molar-refractivity contribution < 1.29 is 14.7 Å². The molecule has 0 aliphatic carbocycles. The van der Waals surface area contributed by atoms with Crippen molar-refractivity contribution in [2.45, 2.75) is 51.3 Å². The first-order chi connectivity index (χ1) is 12.0.